The molecule has 3 nitrogen and oxygen atoms in total. The van der Waals surface area contributed by atoms with Gasteiger partial charge in [-0.15, -0.1) is 0 Å². The average molecular weight is 284 g/mol. The zero-order valence-corrected chi connectivity index (χ0v) is 12.8. The fourth-order valence-electron chi connectivity index (χ4n) is 1.65. The van der Waals surface area contributed by atoms with E-state index in [4.69, 9.17) is 16.3 Å². The molecule has 1 atom stereocenters. The Morgan fingerprint density at radius 3 is 2.42 bits per heavy atom. The van der Waals surface area contributed by atoms with E-state index in [9.17, 15) is 4.79 Å². The molecule has 1 rings (SSSR count). The van der Waals surface area contributed by atoms with E-state index in [1.54, 1.807) is 0 Å². The Balaban J connectivity index is 2.33. The molecule has 0 spiro atoms. The summed E-state index contributed by atoms with van der Waals surface area (Å²) in [6, 6.07) is 7.87. The number of ether oxygens (including phenoxy) is 1. The molecule has 1 N–H and O–H groups in total. The number of benzene rings is 1. The summed E-state index contributed by atoms with van der Waals surface area (Å²) in [5, 5.41) is 4.02. The number of halogens is 1. The minimum absolute atomic E-state index is 0.177. The first-order chi connectivity index (χ1) is 8.78. The summed E-state index contributed by atoms with van der Waals surface area (Å²) in [4.78, 5) is 11.5. The molecule has 0 fully saturated rings. The number of carbonyl (C=O) groups is 1. The average Bonchev–Trinajstić information content (AvgIpc) is 2.27. The van der Waals surface area contributed by atoms with Crippen LogP contribution in [0.4, 0.5) is 0 Å². The Bertz CT molecular complexity index is 409. The Morgan fingerprint density at radius 1 is 1.32 bits per heavy atom. The summed E-state index contributed by atoms with van der Waals surface area (Å²) in [7, 11) is 0. The highest BCUT2D eigenvalue weighted by atomic mass is 35.5. The van der Waals surface area contributed by atoms with Crippen molar-refractivity contribution in [1.29, 1.82) is 0 Å². The van der Waals surface area contributed by atoms with Crippen LogP contribution in [-0.2, 0) is 9.53 Å². The third-order valence-corrected chi connectivity index (χ3v) is 2.82. The molecule has 0 heterocycles. The molecule has 1 aromatic rings. The zero-order chi connectivity index (χ0) is 14.5. The number of hydrogen-bond donors (Lipinski definition) is 1. The standard InChI is InChI=1S/C15H22ClNO2/c1-11(12-5-7-13(16)8-6-12)17-10-9-14(18)19-15(2,3)4/h5-8,11,17H,9-10H2,1-4H3/t11-/m0/s1. The second-order valence-electron chi connectivity index (χ2n) is 5.56. The number of nitrogens with one attached hydrogen (secondary N) is 1. The molecule has 0 aliphatic heterocycles. The van der Waals surface area contributed by atoms with Crippen LogP contribution >= 0.6 is 11.6 Å². The van der Waals surface area contributed by atoms with Crippen LogP contribution in [-0.4, -0.2) is 18.1 Å². The molecule has 0 aliphatic carbocycles. The molecule has 0 saturated heterocycles. The van der Waals surface area contributed by atoms with E-state index in [2.05, 4.69) is 12.2 Å². The third-order valence-electron chi connectivity index (χ3n) is 2.57. The summed E-state index contributed by atoms with van der Waals surface area (Å²) in [6.45, 7) is 8.26. The summed E-state index contributed by atoms with van der Waals surface area (Å²) < 4.78 is 5.24. The topological polar surface area (TPSA) is 38.3 Å². The third kappa shape index (κ3) is 6.60. The van der Waals surface area contributed by atoms with Crippen molar-refractivity contribution in [3.8, 4) is 0 Å². The van der Waals surface area contributed by atoms with Crippen LogP contribution in [0.5, 0.6) is 0 Å². The van der Waals surface area contributed by atoms with E-state index in [0.717, 1.165) is 10.6 Å². The lowest BCUT2D eigenvalue weighted by atomic mass is 10.1. The van der Waals surface area contributed by atoms with E-state index >= 15 is 0 Å². The van der Waals surface area contributed by atoms with E-state index in [-0.39, 0.29) is 12.0 Å². The smallest absolute Gasteiger partial charge is 0.307 e. The largest absolute Gasteiger partial charge is 0.460 e. The van der Waals surface area contributed by atoms with Gasteiger partial charge >= 0.3 is 5.97 Å². The van der Waals surface area contributed by atoms with Gasteiger partial charge < -0.3 is 10.1 Å². The molecule has 4 heteroatoms. The van der Waals surface area contributed by atoms with E-state index in [0.29, 0.717) is 13.0 Å². The van der Waals surface area contributed by atoms with Crippen LogP contribution < -0.4 is 5.32 Å². The molecular weight excluding hydrogens is 262 g/mol. The van der Waals surface area contributed by atoms with Gasteiger partial charge in [0.15, 0.2) is 0 Å². The van der Waals surface area contributed by atoms with Crippen LogP contribution in [0.3, 0.4) is 0 Å². The minimum atomic E-state index is -0.418. The molecule has 0 radical (unpaired) electrons. The molecule has 1 aromatic carbocycles. The van der Waals surface area contributed by atoms with Crippen LogP contribution in [0.2, 0.25) is 5.02 Å². The second-order valence-corrected chi connectivity index (χ2v) is 6.00. The second kappa shape index (κ2) is 6.92. The molecule has 0 bridgehead atoms. The van der Waals surface area contributed by atoms with Gasteiger partial charge in [-0.1, -0.05) is 23.7 Å². The normalized spacial score (nSPS) is 13.1. The van der Waals surface area contributed by atoms with Crippen molar-refractivity contribution in [3.05, 3.63) is 34.9 Å². The lowest BCUT2D eigenvalue weighted by Crippen LogP contribution is -2.27. The Kier molecular flexibility index (Phi) is 5.83. The van der Waals surface area contributed by atoms with Crippen LogP contribution in [0.1, 0.15) is 45.7 Å². The van der Waals surface area contributed by atoms with E-state index in [1.807, 2.05) is 45.0 Å². The van der Waals surface area contributed by atoms with Crippen LogP contribution in [0.15, 0.2) is 24.3 Å². The van der Waals surface area contributed by atoms with Gasteiger partial charge in [0.05, 0.1) is 6.42 Å². The van der Waals surface area contributed by atoms with Crippen molar-refractivity contribution < 1.29 is 9.53 Å². The highest BCUT2D eigenvalue weighted by molar-refractivity contribution is 6.30. The number of rotatable bonds is 5. The molecular formula is C15H22ClNO2. The van der Waals surface area contributed by atoms with E-state index in [1.165, 1.54) is 0 Å². The highest BCUT2D eigenvalue weighted by Gasteiger charge is 2.16. The molecule has 0 aliphatic rings. The summed E-state index contributed by atoms with van der Waals surface area (Å²) >= 11 is 5.84. The molecule has 0 aromatic heterocycles. The quantitative estimate of drug-likeness (QED) is 0.837. The first kappa shape index (κ1) is 16.0. The van der Waals surface area contributed by atoms with Crippen molar-refractivity contribution in [3.63, 3.8) is 0 Å². The van der Waals surface area contributed by atoms with Crippen molar-refractivity contribution in [2.45, 2.75) is 45.8 Å². The number of hydrogen-bond acceptors (Lipinski definition) is 3. The highest BCUT2D eigenvalue weighted by Crippen LogP contribution is 2.16. The Hall–Kier alpha value is -1.06. The fourth-order valence-corrected chi connectivity index (χ4v) is 1.78. The van der Waals surface area contributed by atoms with Gasteiger partial charge in [0, 0.05) is 17.6 Å². The number of carbonyl (C=O) groups excluding carboxylic acids is 1. The minimum Gasteiger partial charge on any atom is -0.460 e. The SMILES string of the molecule is C[C@H](NCCC(=O)OC(C)(C)C)c1ccc(Cl)cc1. The van der Waals surface area contributed by atoms with Gasteiger partial charge in [-0.2, -0.15) is 0 Å². The Morgan fingerprint density at radius 2 is 1.89 bits per heavy atom. The molecule has 0 unspecified atom stereocenters. The van der Waals surface area contributed by atoms with Gasteiger partial charge in [-0.05, 0) is 45.4 Å². The lowest BCUT2D eigenvalue weighted by Gasteiger charge is -2.20. The van der Waals surface area contributed by atoms with Gasteiger partial charge in [-0.3, -0.25) is 4.79 Å². The van der Waals surface area contributed by atoms with E-state index < -0.39 is 5.60 Å². The summed E-state index contributed by atoms with van der Waals surface area (Å²) in [5.41, 5.74) is 0.729. The monoisotopic (exact) mass is 283 g/mol. The van der Waals surface area contributed by atoms with Gasteiger partial charge in [0.25, 0.3) is 0 Å². The Labute approximate surface area is 120 Å². The molecule has 106 valence electrons. The van der Waals surface area contributed by atoms with Crippen LogP contribution in [0, 0.1) is 0 Å². The van der Waals surface area contributed by atoms with Gasteiger partial charge in [-0.25, -0.2) is 0 Å². The maximum Gasteiger partial charge on any atom is 0.307 e. The predicted octanol–water partition coefficient (Wildman–Crippen LogP) is 3.72. The van der Waals surface area contributed by atoms with Crippen molar-refractivity contribution in [2.75, 3.05) is 6.54 Å². The maximum atomic E-state index is 11.5. The van der Waals surface area contributed by atoms with Crippen LogP contribution in [0.25, 0.3) is 0 Å². The van der Waals surface area contributed by atoms with Crippen molar-refractivity contribution in [2.24, 2.45) is 0 Å². The predicted molar refractivity (Wildman–Crippen MR) is 78.3 cm³/mol. The molecule has 0 saturated carbocycles. The molecule has 19 heavy (non-hydrogen) atoms. The lowest BCUT2D eigenvalue weighted by molar-refractivity contribution is -0.154. The fraction of sp³-hybridized carbons (Fsp3) is 0.533. The van der Waals surface area contributed by atoms with Crippen molar-refractivity contribution in [1.82, 2.24) is 5.32 Å². The summed E-state index contributed by atoms with van der Waals surface area (Å²) in [6.07, 6.45) is 0.370. The molecule has 0 amide bonds. The van der Waals surface area contributed by atoms with Gasteiger partial charge in [0.2, 0.25) is 0 Å². The maximum absolute atomic E-state index is 11.5. The first-order valence-electron chi connectivity index (χ1n) is 6.48. The first-order valence-corrected chi connectivity index (χ1v) is 6.86. The van der Waals surface area contributed by atoms with Gasteiger partial charge in [0.1, 0.15) is 5.60 Å². The number of esters is 1. The zero-order valence-electron chi connectivity index (χ0n) is 12.0. The van der Waals surface area contributed by atoms with Crippen molar-refractivity contribution >= 4 is 17.6 Å². The summed E-state index contributed by atoms with van der Waals surface area (Å²) in [5.74, 6) is -0.177.